The van der Waals surface area contributed by atoms with Crippen LogP contribution >= 0.6 is 11.6 Å². The molecule has 1 heterocycles. The van der Waals surface area contributed by atoms with Crippen molar-refractivity contribution in [3.63, 3.8) is 0 Å². The van der Waals surface area contributed by atoms with Gasteiger partial charge in [0.15, 0.2) is 5.96 Å². The Labute approximate surface area is 136 Å². The molecule has 23 heavy (non-hydrogen) atoms. The summed E-state index contributed by atoms with van der Waals surface area (Å²) in [5.41, 5.74) is 12.6. The standard InChI is InChI=1S/C15H13ClN6O/c16-9-4-3-5-10(8-9)19-15(23)22-12-7-2-1-6-11(12)20-14(22)21-13(17)18/h1-8H,(H,19,23)(H4,17,18,20,21). The Kier molecular flexibility index (Phi) is 3.86. The molecule has 0 bridgehead atoms. The molecule has 3 rings (SSSR count). The number of aromatic nitrogens is 2. The number of nitrogens with two attached hydrogens (primary N) is 2. The highest BCUT2D eigenvalue weighted by molar-refractivity contribution is 6.30. The lowest BCUT2D eigenvalue weighted by molar-refractivity contribution is 0.254. The Hall–Kier alpha value is -3.06. The Morgan fingerprint density at radius 2 is 1.96 bits per heavy atom. The minimum absolute atomic E-state index is 0.103. The van der Waals surface area contributed by atoms with E-state index in [9.17, 15) is 4.79 Å². The van der Waals surface area contributed by atoms with Crippen LogP contribution in [-0.4, -0.2) is 21.5 Å². The maximum absolute atomic E-state index is 12.6. The van der Waals surface area contributed by atoms with Gasteiger partial charge in [-0.25, -0.2) is 14.3 Å². The van der Waals surface area contributed by atoms with Crippen LogP contribution < -0.4 is 16.8 Å². The second kappa shape index (κ2) is 5.98. The highest BCUT2D eigenvalue weighted by Crippen LogP contribution is 2.23. The molecule has 8 heteroatoms. The van der Waals surface area contributed by atoms with E-state index in [2.05, 4.69) is 15.3 Å². The number of hydrogen-bond donors (Lipinski definition) is 3. The van der Waals surface area contributed by atoms with Gasteiger partial charge in [0.2, 0.25) is 5.95 Å². The molecule has 1 amide bonds. The molecule has 3 aromatic rings. The number of anilines is 1. The van der Waals surface area contributed by atoms with E-state index in [1.807, 2.05) is 6.07 Å². The first kappa shape index (κ1) is 14.9. The van der Waals surface area contributed by atoms with Crippen LogP contribution in [0.4, 0.5) is 16.4 Å². The van der Waals surface area contributed by atoms with Gasteiger partial charge in [0.25, 0.3) is 0 Å². The number of halogens is 1. The van der Waals surface area contributed by atoms with Crippen LogP contribution in [0.1, 0.15) is 0 Å². The number of benzene rings is 2. The predicted octanol–water partition coefficient (Wildman–Crippen LogP) is 2.67. The summed E-state index contributed by atoms with van der Waals surface area (Å²) in [4.78, 5) is 20.8. The third kappa shape index (κ3) is 3.09. The van der Waals surface area contributed by atoms with E-state index in [1.54, 1.807) is 42.5 Å². The highest BCUT2D eigenvalue weighted by Gasteiger charge is 2.16. The van der Waals surface area contributed by atoms with Crippen molar-refractivity contribution in [1.82, 2.24) is 9.55 Å². The lowest BCUT2D eigenvalue weighted by Crippen LogP contribution is -2.24. The number of guanidine groups is 1. The van der Waals surface area contributed by atoms with Crippen LogP contribution in [0.5, 0.6) is 0 Å². The van der Waals surface area contributed by atoms with Crippen LogP contribution in [0.2, 0.25) is 5.02 Å². The van der Waals surface area contributed by atoms with Gasteiger partial charge < -0.3 is 16.8 Å². The van der Waals surface area contributed by atoms with Gasteiger partial charge in [-0.05, 0) is 30.3 Å². The van der Waals surface area contributed by atoms with E-state index < -0.39 is 6.03 Å². The van der Waals surface area contributed by atoms with Gasteiger partial charge in [-0.2, -0.15) is 4.99 Å². The van der Waals surface area contributed by atoms with Gasteiger partial charge >= 0.3 is 6.03 Å². The Balaban J connectivity index is 2.06. The van der Waals surface area contributed by atoms with E-state index in [0.29, 0.717) is 21.7 Å². The number of carbonyl (C=O) groups excluding carboxylic acids is 1. The van der Waals surface area contributed by atoms with Gasteiger partial charge in [0.1, 0.15) is 0 Å². The van der Waals surface area contributed by atoms with Crippen molar-refractivity contribution in [2.75, 3.05) is 5.32 Å². The van der Waals surface area contributed by atoms with E-state index in [4.69, 9.17) is 23.1 Å². The van der Waals surface area contributed by atoms with Crippen LogP contribution in [0.15, 0.2) is 53.5 Å². The average molecular weight is 329 g/mol. The number of imidazole rings is 1. The van der Waals surface area contributed by atoms with Crippen molar-refractivity contribution >= 4 is 46.3 Å². The number of aliphatic imine (C=N–C) groups is 1. The molecule has 5 N–H and O–H groups in total. The van der Waals surface area contributed by atoms with E-state index in [0.717, 1.165) is 0 Å². The number of carbonyl (C=O) groups is 1. The Bertz CT molecular complexity index is 913. The summed E-state index contributed by atoms with van der Waals surface area (Å²) in [5.74, 6) is -0.0807. The largest absolute Gasteiger partial charge is 0.370 e. The normalized spacial score (nSPS) is 10.5. The van der Waals surface area contributed by atoms with Crippen molar-refractivity contribution in [1.29, 1.82) is 0 Å². The molecule has 7 nitrogen and oxygen atoms in total. The third-order valence-electron chi connectivity index (χ3n) is 3.05. The molecular weight excluding hydrogens is 316 g/mol. The number of amides is 1. The van der Waals surface area contributed by atoms with Crippen molar-refractivity contribution in [3.8, 4) is 0 Å². The van der Waals surface area contributed by atoms with Crippen molar-refractivity contribution in [2.45, 2.75) is 0 Å². The van der Waals surface area contributed by atoms with Gasteiger partial charge in [-0.1, -0.05) is 29.8 Å². The second-order valence-corrected chi connectivity index (χ2v) is 5.15. The van der Waals surface area contributed by atoms with E-state index in [1.165, 1.54) is 4.57 Å². The van der Waals surface area contributed by atoms with Gasteiger partial charge in [0.05, 0.1) is 11.0 Å². The Morgan fingerprint density at radius 1 is 1.17 bits per heavy atom. The monoisotopic (exact) mass is 328 g/mol. The first-order valence-electron chi connectivity index (χ1n) is 6.68. The quantitative estimate of drug-likeness (QED) is 0.496. The summed E-state index contributed by atoms with van der Waals surface area (Å²) in [6.07, 6.45) is 0. The fourth-order valence-electron chi connectivity index (χ4n) is 2.15. The number of nitrogens with zero attached hydrogens (tertiary/aromatic N) is 3. The maximum Gasteiger partial charge on any atom is 0.333 e. The fourth-order valence-corrected chi connectivity index (χ4v) is 2.34. The molecule has 0 saturated carbocycles. The topological polar surface area (TPSA) is 111 Å². The zero-order valence-corrected chi connectivity index (χ0v) is 12.7. The lowest BCUT2D eigenvalue weighted by atomic mass is 10.3. The summed E-state index contributed by atoms with van der Waals surface area (Å²) in [7, 11) is 0. The molecule has 0 aliphatic carbocycles. The summed E-state index contributed by atoms with van der Waals surface area (Å²) < 4.78 is 1.30. The first-order valence-corrected chi connectivity index (χ1v) is 7.06. The number of rotatable bonds is 2. The second-order valence-electron chi connectivity index (χ2n) is 4.71. The molecule has 0 saturated heterocycles. The van der Waals surface area contributed by atoms with E-state index >= 15 is 0 Å². The summed E-state index contributed by atoms with van der Waals surface area (Å²) >= 11 is 5.92. The molecule has 0 fully saturated rings. The minimum atomic E-state index is -0.444. The number of nitrogens with one attached hydrogen (secondary N) is 1. The third-order valence-corrected chi connectivity index (χ3v) is 3.29. The fraction of sp³-hybridized carbons (Fsp3) is 0. The van der Waals surface area contributed by atoms with Gasteiger partial charge in [-0.15, -0.1) is 0 Å². The van der Waals surface area contributed by atoms with Gasteiger partial charge in [0, 0.05) is 10.7 Å². The summed E-state index contributed by atoms with van der Waals surface area (Å²) in [5, 5.41) is 3.26. The minimum Gasteiger partial charge on any atom is -0.370 e. The highest BCUT2D eigenvalue weighted by atomic mass is 35.5. The van der Waals surface area contributed by atoms with Crippen LogP contribution in [-0.2, 0) is 0 Å². The molecule has 0 spiro atoms. The number of fused-ring (bicyclic) bond motifs is 1. The van der Waals surface area contributed by atoms with Crippen LogP contribution in [0.3, 0.4) is 0 Å². The smallest absolute Gasteiger partial charge is 0.333 e. The Morgan fingerprint density at radius 3 is 2.70 bits per heavy atom. The molecule has 0 aliphatic rings. The van der Waals surface area contributed by atoms with Crippen molar-refractivity contribution < 1.29 is 4.79 Å². The molecule has 0 atom stereocenters. The molecule has 1 aromatic heterocycles. The maximum atomic E-state index is 12.6. The lowest BCUT2D eigenvalue weighted by Gasteiger charge is -2.08. The predicted molar refractivity (Wildman–Crippen MR) is 91.1 cm³/mol. The first-order chi connectivity index (χ1) is 11.0. The van der Waals surface area contributed by atoms with Crippen molar-refractivity contribution in [2.24, 2.45) is 16.5 Å². The zero-order chi connectivity index (χ0) is 16.4. The number of para-hydroxylation sites is 2. The number of hydrogen-bond acceptors (Lipinski definition) is 3. The molecule has 116 valence electrons. The molecule has 0 radical (unpaired) electrons. The van der Waals surface area contributed by atoms with Crippen LogP contribution in [0, 0.1) is 0 Å². The van der Waals surface area contributed by atoms with Crippen LogP contribution in [0.25, 0.3) is 11.0 Å². The average Bonchev–Trinajstić information content (AvgIpc) is 2.84. The molecular formula is C15H13ClN6O. The molecule has 2 aromatic carbocycles. The molecule has 0 aliphatic heterocycles. The summed E-state index contributed by atoms with van der Waals surface area (Å²) in [6.45, 7) is 0. The zero-order valence-electron chi connectivity index (χ0n) is 11.9. The van der Waals surface area contributed by atoms with E-state index in [-0.39, 0.29) is 11.9 Å². The summed E-state index contributed by atoms with van der Waals surface area (Å²) in [6, 6.07) is 13.5. The van der Waals surface area contributed by atoms with Gasteiger partial charge in [-0.3, -0.25) is 0 Å². The molecule has 0 unspecified atom stereocenters. The van der Waals surface area contributed by atoms with Crippen molar-refractivity contribution in [3.05, 3.63) is 53.6 Å². The SMILES string of the molecule is NC(N)=Nc1nc2ccccc2n1C(=O)Nc1cccc(Cl)c1.